The minimum atomic E-state index is -3.30. The number of aliphatic hydroxyl groups is 1. The quantitative estimate of drug-likeness (QED) is 0.175. The number of hydrogen-bond donors (Lipinski definition) is 2. The first kappa shape index (κ1) is 22.9. The van der Waals surface area contributed by atoms with Gasteiger partial charge in [0.2, 0.25) is 5.76 Å². The molecule has 13 heteroatoms. The second kappa shape index (κ2) is 9.38. The Morgan fingerprint density at radius 1 is 1.03 bits per heavy atom. The second-order valence-corrected chi connectivity index (χ2v) is 12.3. The molecular formula is C20H15N2O6PS4. The van der Waals surface area contributed by atoms with Crippen LogP contribution in [0.25, 0.3) is 20.4 Å². The van der Waals surface area contributed by atoms with Crippen LogP contribution in [0.4, 0.5) is 0 Å². The van der Waals surface area contributed by atoms with Gasteiger partial charge < -0.3 is 19.3 Å². The summed E-state index contributed by atoms with van der Waals surface area (Å²) in [4.78, 5) is 31.0. The van der Waals surface area contributed by atoms with Gasteiger partial charge in [-0.3, -0.25) is 4.57 Å². The summed E-state index contributed by atoms with van der Waals surface area (Å²) in [6.45, 7) is -0.387. The van der Waals surface area contributed by atoms with Gasteiger partial charge in [-0.25, -0.2) is 14.8 Å². The van der Waals surface area contributed by atoms with Crippen LogP contribution in [0.2, 0.25) is 0 Å². The fourth-order valence-electron chi connectivity index (χ4n) is 3.21. The molecule has 33 heavy (non-hydrogen) atoms. The summed E-state index contributed by atoms with van der Waals surface area (Å²) in [6, 6.07) is 15.3. The number of cyclic esters (lactones) is 1. The largest absolute Gasteiger partial charge is 0.501 e. The minimum absolute atomic E-state index is 0.130. The fraction of sp³-hybridized carbons (Fsp3) is 0.150. The summed E-state index contributed by atoms with van der Waals surface area (Å²) in [6.07, 6.45) is 0. The molecule has 0 aliphatic carbocycles. The molecule has 8 nitrogen and oxygen atoms in total. The van der Waals surface area contributed by atoms with Crippen molar-refractivity contribution in [2.24, 2.45) is 0 Å². The molecule has 0 saturated heterocycles. The number of nitrogens with zero attached hydrogens (tertiary/aromatic N) is 2. The maximum atomic E-state index is 12.4. The average molecular weight is 539 g/mol. The number of para-hydroxylation sites is 2. The second-order valence-electron chi connectivity index (χ2n) is 6.90. The van der Waals surface area contributed by atoms with Crippen LogP contribution in [0.5, 0.6) is 0 Å². The lowest BCUT2D eigenvalue weighted by molar-refractivity contribution is -0.149. The highest BCUT2D eigenvalue weighted by Gasteiger charge is 2.50. The van der Waals surface area contributed by atoms with Gasteiger partial charge in [-0.1, -0.05) is 47.8 Å². The normalized spacial score (nSPS) is 19.5. The van der Waals surface area contributed by atoms with Crippen molar-refractivity contribution in [3.8, 4) is 0 Å². The molecule has 0 fully saturated rings. The van der Waals surface area contributed by atoms with Crippen LogP contribution in [-0.2, 0) is 18.6 Å². The zero-order chi connectivity index (χ0) is 23.0. The molecule has 2 aromatic carbocycles. The fourth-order valence-corrected chi connectivity index (χ4v) is 8.08. The van der Waals surface area contributed by atoms with Gasteiger partial charge in [-0.2, -0.15) is 0 Å². The third-order valence-corrected chi connectivity index (χ3v) is 9.85. The Labute approximate surface area is 204 Å². The molecule has 1 aliphatic rings. The molecule has 2 atom stereocenters. The van der Waals surface area contributed by atoms with Gasteiger partial charge in [0.25, 0.3) is 0 Å². The van der Waals surface area contributed by atoms with Crippen molar-refractivity contribution in [2.45, 2.75) is 14.3 Å². The Kier molecular flexibility index (Phi) is 6.49. The molecule has 2 N–H and O–H groups in total. The third-order valence-electron chi connectivity index (χ3n) is 4.71. The molecule has 0 saturated carbocycles. The Morgan fingerprint density at radius 3 is 2.27 bits per heavy atom. The van der Waals surface area contributed by atoms with E-state index in [9.17, 15) is 19.4 Å². The molecule has 0 bridgehead atoms. The number of esters is 1. The summed E-state index contributed by atoms with van der Waals surface area (Å²) in [5, 5.41) is 10.6. The number of hydrogen-bond acceptors (Lipinski definition) is 11. The van der Waals surface area contributed by atoms with Gasteiger partial charge in [-0.15, -0.1) is 22.7 Å². The standard InChI is InChI=1S/C20H15N2O6PS4/c23-15-16(33-19-22-12-6-2-4-8-14(12)32-19)20(28-17(15)24,9-27-29(25)26)10-30-18-21-11-5-1-3-7-13(11)31-18/h1-8,23,29H,9-10H2,(H,25,26). The van der Waals surface area contributed by atoms with Crippen LogP contribution in [0, 0.1) is 0 Å². The van der Waals surface area contributed by atoms with Gasteiger partial charge >= 0.3 is 14.2 Å². The van der Waals surface area contributed by atoms with E-state index in [2.05, 4.69) is 9.97 Å². The van der Waals surface area contributed by atoms with Crippen molar-refractivity contribution in [1.29, 1.82) is 0 Å². The predicted molar refractivity (Wildman–Crippen MR) is 131 cm³/mol. The molecule has 4 aromatic rings. The van der Waals surface area contributed by atoms with Gasteiger partial charge in [0, 0.05) is 5.75 Å². The van der Waals surface area contributed by atoms with E-state index in [1.165, 1.54) is 34.4 Å². The summed E-state index contributed by atoms with van der Waals surface area (Å²) < 4.78 is 25.2. The van der Waals surface area contributed by atoms with Gasteiger partial charge in [0.1, 0.15) is 6.61 Å². The molecule has 2 unspecified atom stereocenters. The number of carbonyl (C=O) groups excluding carboxylic acids is 1. The van der Waals surface area contributed by atoms with Crippen LogP contribution < -0.4 is 0 Å². The van der Waals surface area contributed by atoms with Crippen LogP contribution in [0.3, 0.4) is 0 Å². The molecule has 0 radical (unpaired) electrons. The van der Waals surface area contributed by atoms with Gasteiger partial charge in [-0.05, 0) is 24.3 Å². The molecule has 170 valence electrons. The maximum absolute atomic E-state index is 12.4. The lowest BCUT2D eigenvalue weighted by atomic mass is 10.1. The number of rotatable bonds is 8. The number of ether oxygens (including phenoxy) is 1. The Hall–Kier alpha value is -1.92. The van der Waals surface area contributed by atoms with Crippen molar-refractivity contribution < 1.29 is 28.6 Å². The number of carbonyl (C=O) groups is 1. The highest BCUT2D eigenvalue weighted by Crippen LogP contribution is 2.48. The highest BCUT2D eigenvalue weighted by atomic mass is 32.2. The van der Waals surface area contributed by atoms with Gasteiger partial charge in [0.05, 0.1) is 25.3 Å². The zero-order valence-electron chi connectivity index (χ0n) is 16.6. The number of benzene rings is 2. The van der Waals surface area contributed by atoms with Crippen molar-refractivity contribution in [2.75, 3.05) is 12.4 Å². The number of fused-ring (bicyclic) bond motifs is 2. The van der Waals surface area contributed by atoms with Crippen LogP contribution in [0.15, 0.2) is 67.9 Å². The molecular weight excluding hydrogens is 523 g/mol. The van der Waals surface area contributed by atoms with Crippen LogP contribution in [-0.4, -0.2) is 43.9 Å². The number of thioether (sulfide) groups is 2. The lowest BCUT2D eigenvalue weighted by Crippen LogP contribution is -2.39. The summed E-state index contributed by atoms with van der Waals surface area (Å²) in [5.74, 6) is -1.33. The van der Waals surface area contributed by atoms with E-state index in [0.29, 0.717) is 4.34 Å². The topological polar surface area (TPSA) is 119 Å². The molecule has 3 heterocycles. The summed E-state index contributed by atoms with van der Waals surface area (Å²) in [7, 11) is -3.30. The smallest absolute Gasteiger partial charge is 0.375 e. The third kappa shape index (κ3) is 4.69. The molecule has 2 aromatic heterocycles. The van der Waals surface area contributed by atoms with Crippen LogP contribution in [0.1, 0.15) is 0 Å². The van der Waals surface area contributed by atoms with E-state index < -0.39 is 25.6 Å². The van der Waals surface area contributed by atoms with Crippen molar-refractivity contribution in [1.82, 2.24) is 9.97 Å². The number of thiazole rings is 2. The first-order valence-electron chi connectivity index (χ1n) is 9.48. The Balaban J connectivity index is 1.47. The van der Waals surface area contributed by atoms with Gasteiger partial charge in [0.15, 0.2) is 14.3 Å². The molecule has 1 aliphatic heterocycles. The lowest BCUT2D eigenvalue weighted by Gasteiger charge is -2.28. The van der Waals surface area contributed by atoms with Crippen LogP contribution >= 0.6 is 54.5 Å². The Bertz CT molecular complexity index is 1350. The van der Waals surface area contributed by atoms with E-state index >= 15 is 0 Å². The van der Waals surface area contributed by atoms with E-state index in [1.807, 2.05) is 48.5 Å². The minimum Gasteiger partial charge on any atom is -0.501 e. The van der Waals surface area contributed by atoms with E-state index in [1.54, 1.807) is 0 Å². The maximum Gasteiger partial charge on any atom is 0.375 e. The highest BCUT2D eigenvalue weighted by molar-refractivity contribution is 8.05. The predicted octanol–water partition coefficient (Wildman–Crippen LogP) is 5.25. The van der Waals surface area contributed by atoms with E-state index in [0.717, 1.165) is 36.5 Å². The summed E-state index contributed by atoms with van der Waals surface area (Å²) in [5.41, 5.74) is 0.179. The number of aliphatic hydroxyl groups excluding tert-OH is 1. The Morgan fingerprint density at radius 2 is 1.64 bits per heavy atom. The van der Waals surface area contributed by atoms with Crippen molar-refractivity contribution >= 4 is 80.9 Å². The van der Waals surface area contributed by atoms with E-state index in [4.69, 9.17) is 9.26 Å². The first-order chi connectivity index (χ1) is 15.9. The summed E-state index contributed by atoms with van der Waals surface area (Å²) >= 11 is 5.31. The van der Waals surface area contributed by atoms with Crippen molar-refractivity contribution in [3.05, 3.63) is 59.2 Å². The van der Waals surface area contributed by atoms with E-state index in [-0.39, 0.29) is 17.3 Å². The monoisotopic (exact) mass is 538 g/mol. The molecule has 5 rings (SSSR count). The first-order valence-corrected chi connectivity index (χ1v) is 14.2. The zero-order valence-corrected chi connectivity index (χ0v) is 20.9. The SMILES string of the molecule is O=C1OC(CO[PH](=O)O)(CSc2nc3ccccc3s2)C(Sc2nc3ccccc3s2)=C1O. The average Bonchev–Trinajstić information content (AvgIpc) is 3.47. The number of aromatic nitrogens is 2. The molecule has 0 amide bonds. The van der Waals surface area contributed by atoms with Crippen molar-refractivity contribution in [3.63, 3.8) is 0 Å². The molecule has 0 spiro atoms.